The smallest absolute Gasteiger partial charge is 0.336 e. The third-order valence-corrected chi connectivity index (χ3v) is 5.45. The Morgan fingerprint density at radius 3 is 2.39 bits per heavy atom. The normalized spacial score (nSPS) is 11.2. The van der Waals surface area contributed by atoms with E-state index in [0.29, 0.717) is 26.7 Å². The van der Waals surface area contributed by atoms with Crippen molar-refractivity contribution in [2.75, 3.05) is 0 Å². The van der Waals surface area contributed by atoms with Crippen molar-refractivity contribution in [1.29, 1.82) is 0 Å². The van der Waals surface area contributed by atoms with Gasteiger partial charge in [-0.1, -0.05) is 35.3 Å². The molecular weight excluding hydrogens is 463 g/mol. The van der Waals surface area contributed by atoms with Crippen LogP contribution < -0.4 is 14.9 Å². The van der Waals surface area contributed by atoms with Gasteiger partial charge in [-0.2, -0.15) is 0 Å². The molecule has 0 unspecified atom stereocenters. The van der Waals surface area contributed by atoms with Crippen molar-refractivity contribution in [2.45, 2.75) is 13.8 Å². The zero-order valence-corrected chi connectivity index (χ0v) is 19.2. The second-order valence-corrected chi connectivity index (χ2v) is 8.25. The van der Waals surface area contributed by atoms with Gasteiger partial charge in [0.05, 0.1) is 15.4 Å². The molecule has 7 heteroatoms. The Balaban J connectivity index is 1.51. The van der Waals surface area contributed by atoms with E-state index in [0.717, 1.165) is 11.1 Å². The summed E-state index contributed by atoms with van der Waals surface area (Å²) < 4.78 is 16.6. The zero-order chi connectivity index (χ0) is 23.5. The molecule has 166 valence electrons. The van der Waals surface area contributed by atoms with Crippen molar-refractivity contribution in [1.82, 2.24) is 0 Å². The molecule has 3 aromatic carbocycles. The summed E-state index contributed by atoms with van der Waals surface area (Å²) in [5.74, 6) is 0.259. The maximum Gasteiger partial charge on any atom is 0.336 e. The molecule has 0 aliphatic carbocycles. The number of hydrogen-bond donors (Lipinski definition) is 0. The minimum Gasteiger partial charge on any atom is -0.460 e. The third-order valence-electron chi connectivity index (χ3n) is 4.71. The van der Waals surface area contributed by atoms with Gasteiger partial charge in [0.25, 0.3) is 0 Å². The average Bonchev–Trinajstić information content (AvgIpc) is 2.76. The predicted octanol–water partition coefficient (Wildman–Crippen LogP) is 7.13. The van der Waals surface area contributed by atoms with Gasteiger partial charge in [0.15, 0.2) is 0 Å². The van der Waals surface area contributed by atoms with Gasteiger partial charge in [-0.3, -0.25) is 4.79 Å². The van der Waals surface area contributed by atoms with Gasteiger partial charge in [-0.05, 0) is 73.0 Å². The first kappa shape index (κ1) is 22.6. The lowest BCUT2D eigenvalue weighted by molar-refractivity contribution is -0.128. The van der Waals surface area contributed by atoms with E-state index in [4.69, 9.17) is 37.1 Å². The third kappa shape index (κ3) is 5.45. The topological polar surface area (TPSA) is 65.7 Å². The number of aryl methyl sites for hydroxylation is 2. The van der Waals surface area contributed by atoms with Crippen LogP contribution in [0, 0.1) is 13.8 Å². The largest absolute Gasteiger partial charge is 0.460 e. The molecule has 1 heterocycles. The van der Waals surface area contributed by atoms with E-state index in [1.54, 1.807) is 24.3 Å². The summed E-state index contributed by atoms with van der Waals surface area (Å²) in [6.07, 6.45) is 4.07. The lowest BCUT2D eigenvalue weighted by atomic mass is 10.1. The Morgan fingerprint density at radius 1 is 0.909 bits per heavy atom. The van der Waals surface area contributed by atoms with E-state index in [1.807, 2.05) is 32.0 Å². The predicted molar refractivity (Wildman–Crippen MR) is 130 cm³/mol. The zero-order valence-electron chi connectivity index (χ0n) is 17.7. The number of rotatable bonds is 5. The number of carbonyl (C=O) groups excluding carboxylic acids is 1. The van der Waals surface area contributed by atoms with Crippen molar-refractivity contribution in [3.63, 3.8) is 0 Å². The fourth-order valence-corrected chi connectivity index (χ4v) is 3.58. The van der Waals surface area contributed by atoms with Crippen molar-refractivity contribution in [2.24, 2.45) is 0 Å². The molecule has 33 heavy (non-hydrogen) atoms. The molecule has 0 radical (unpaired) electrons. The van der Waals surface area contributed by atoms with Crippen LogP contribution in [-0.4, -0.2) is 5.97 Å². The van der Waals surface area contributed by atoms with E-state index < -0.39 is 5.97 Å². The Bertz CT molecular complexity index is 1430. The summed E-state index contributed by atoms with van der Waals surface area (Å²) in [5.41, 5.74) is 2.69. The summed E-state index contributed by atoms with van der Waals surface area (Å²) >= 11 is 11.9. The molecule has 0 fully saturated rings. The first-order valence-electron chi connectivity index (χ1n) is 9.95. The Labute approximate surface area is 199 Å². The second-order valence-electron chi connectivity index (χ2n) is 7.44. The van der Waals surface area contributed by atoms with Gasteiger partial charge < -0.3 is 13.9 Å². The van der Waals surface area contributed by atoms with Crippen LogP contribution in [0.4, 0.5) is 0 Å². The maximum atomic E-state index is 12.8. The van der Waals surface area contributed by atoms with E-state index in [2.05, 4.69) is 0 Å². The molecule has 1 aromatic heterocycles. The number of esters is 1. The molecule has 0 spiro atoms. The highest BCUT2D eigenvalue weighted by Crippen LogP contribution is 2.26. The van der Waals surface area contributed by atoms with Crippen molar-refractivity contribution >= 4 is 46.2 Å². The van der Waals surface area contributed by atoms with E-state index >= 15 is 0 Å². The quantitative estimate of drug-likeness (QED) is 0.172. The highest BCUT2D eigenvalue weighted by Gasteiger charge is 2.12. The lowest BCUT2D eigenvalue weighted by Gasteiger charge is -2.08. The van der Waals surface area contributed by atoms with E-state index in [1.165, 1.54) is 30.5 Å². The van der Waals surface area contributed by atoms with Crippen LogP contribution in [0.15, 0.2) is 76.1 Å². The first-order valence-corrected chi connectivity index (χ1v) is 10.7. The van der Waals surface area contributed by atoms with Crippen LogP contribution in [0.2, 0.25) is 10.0 Å². The average molecular weight is 481 g/mol. The molecule has 0 aliphatic rings. The van der Waals surface area contributed by atoms with Gasteiger partial charge in [-0.25, -0.2) is 4.79 Å². The number of ether oxygens (including phenoxy) is 2. The minimum atomic E-state index is -0.599. The van der Waals surface area contributed by atoms with Crippen molar-refractivity contribution in [3.05, 3.63) is 104 Å². The molecule has 4 rings (SSSR count). The molecule has 0 bridgehead atoms. The lowest BCUT2D eigenvalue weighted by Crippen LogP contribution is -2.06. The standard InChI is InChI=1S/C26H18Cl2O5/c1-15-9-16(2)11-19(10-15)32-24-14-31-23-13-18(5-6-20(23)26(24)30)33-25(29)8-4-17-3-7-21(27)22(28)12-17/h3-14H,1-2H3. The molecule has 0 saturated carbocycles. The highest BCUT2D eigenvalue weighted by molar-refractivity contribution is 6.42. The summed E-state index contributed by atoms with van der Waals surface area (Å²) in [6.45, 7) is 3.90. The van der Waals surface area contributed by atoms with Crippen molar-refractivity contribution in [3.8, 4) is 17.2 Å². The number of halogens is 2. The van der Waals surface area contributed by atoms with Gasteiger partial charge >= 0.3 is 5.97 Å². The van der Waals surface area contributed by atoms with Gasteiger partial charge in [0.2, 0.25) is 11.2 Å². The van der Waals surface area contributed by atoms with Crippen LogP contribution in [-0.2, 0) is 4.79 Å². The Morgan fingerprint density at radius 2 is 1.67 bits per heavy atom. The Hall–Kier alpha value is -3.54. The summed E-state index contributed by atoms with van der Waals surface area (Å²) in [5, 5.41) is 1.12. The van der Waals surface area contributed by atoms with Gasteiger partial charge in [-0.15, -0.1) is 0 Å². The molecule has 0 amide bonds. The molecule has 0 atom stereocenters. The summed E-state index contributed by atoms with van der Waals surface area (Å²) in [6, 6.07) is 15.2. The van der Waals surface area contributed by atoms with Crippen LogP contribution in [0.1, 0.15) is 16.7 Å². The van der Waals surface area contributed by atoms with Crippen LogP contribution in [0.3, 0.4) is 0 Å². The van der Waals surface area contributed by atoms with Crippen molar-refractivity contribution < 1.29 is 18.7 Å². The molecular formula is C26H18Cl2O5. The van der Waals surface area contributed by atoms with E-state index in [-0.39, 0.29) is 22.5 Å². The van der Waals surface area contributed by atoms with Gasteiger partial charge in [0.1, 0.15) is 23.3 Å². The first-order chi connectivity index (χ1) is 15.8. The molecule has 0 saturated heterocycles. The monoisotopic (exact) mass is 480 g/mol. The molecule has 5 nitrogen and oxygen atoms in total. The van der Waals surface area contributed by atoms with Crippen LogP contribution in [0.5, 0.6) is 17.2 Å². The maximum absolute atomic E-state index is 12.8. The second kappa shape index (κ2) is 9.53. The summed E-state index contributed by atoms with van der Waals surface area (Å²) in [4.78, 5) is 25.0. The fourth-order valence-electron chi connectivity index (χ4n) is 3.27. The Kier molecular flexibility index (Phi) is 6.54. The number of hydrogen-bond acceptors (Lipinski definition) is 5. The van der Waals surface area contributed by atoms with E-state index in [9.17, 15) is 9.59 Å². The van der Waals surface area contributed by atoms with Crippen LogP contribution in [0.25, 0.3) is 17.0 Å². The van der Waals surface area contributed by atoms with Crippen LogP contribution >= 0.6 is 23.2 Å². The molecule has 0 N–H and O–H groups in total. The molecule has 4 aromatic rings. The summed E-state index contributed by atoms with van der Waals surface area (Å²) in [7, 11) is 0. The number of carbonyl (C=O) groups is 1. The number of benzene rings is 3. The SMILES string of the molecule is Cc1cc(C)cc(Oc2coc3cc(OC(=O)C=Cc4ccc(Cl)c(Cl)c4)ccc3c2=O)c1. The highest BCUT2D eigenvalue weighted by atomic mass is 35.5. The fraction of sp³-hybridized carbons (Fsp3) is 0.0769. The van der Waals surface area contributed by atoms with Gasteiger partial charge in [0, 0.05) is 12.1 Å². The number of fused-ring (bicyclic) bond motifs is 1. The minimum absolute atomic E-state index is 0.0711. The molecule has 0 aliphatic heterocycles.